The highest BCUT2D eigenvalue weighted by Gasteiger charge is 2.40. The van der Waals surface area contributed by atoms with Gasteiger partial charge in [0.15, 0.2) is 12.4 Å². The fourth-order valence-electron chi connectivity index (χ4n) is 1.73. The zero-order valence-electron chi connectivity index (χ0n) is 10.6. The molecule has 1 aliphatic rings. The Morgan fingerprint density at radius 2 is 2.10 bits per heavy atom. The number of rotatable bonds is 4. The van der Waals surface area contributed by atoms with E-state index in [1.807, 2.05) is 6.92 Å². The molecule has 0 spiro atoms. The fraction of sp³-hybridized carbons (Fsp3) is 0.385. The molecule has 108 valence electrons. The van der Waals surface area contributed by atoms with Crippen LogP contribution in [0.2, 0.25) is 0 Å². The topological polar surface area (TPSA) is 55.4 Å². The molecule has 20 heavy (non-hydrogen) atoms. The van der Waals surface area contributed by atoms with Gasteiger partial charge >= 0.3 is 5.97 Å². The summed E-state index contributed by atoms with van der Waals surface area (Å²) in [4.78, 5) is 23.0. The molecule has 1 aromatic carbocycles. The van der Waals surface area contributed by atoms with Crippen molar-refractivity contribution in [2.24, 2.45) is 11.8 Å². The van der Waals surface area contributed by atoms with E-state index >= 15 is 0 Å². The molecule has 0 aromatic heterocycles. The van der Waals surface area contributed by atoms with Crippen LogP contribution in [0.1, 0.15) is 13.3 Å². The minimum absolute atomic E-state index is 0.0745. The second-order valence-electron chi connectivity index (χ2n) is 4.72. The largest absolute Gasteiger partial charge is 0.455 e. The summed E-state index contributed by atoms with van der Waals surface area (Å²) in [7, 11) is 0. The fourth-order valence-corrected chi connectivity index (χ4v) is 2.24. The molecular formula is C13H12BrF2NO3. The molecule has 0 radical (unpaired) electrons. The summed E-state index contributed by atoms with van der Waals surface area (Å²) in [5.41, 5.74) is -0.188. The SMILES string of the molecule is C[C@H]1C[C@H]1C(=O)OCC(=O)Nc1c(F)cc(F)cc1Br. The maximum atomic E-state index is 13.5. The Balaban J connectivity index is 1.90. The molecule has 0 bridgehead atoms. The summed E-state index contributed by atoms with van der Waals surface area (Å²) in [5, 5.41) is 2.23. The number of carbonyl (C=O) groups excluding carboxylic acids is 2. The number of benzene rings is 1. The Morgan fingerprint density at radius 1 is 1.45 bits per heavy atom. The van der Waals surface area contributed by atoms with Crippen molar-refractivity contribution in [3.05, 3.63) is 28.2 Å². The first-order valence-electron chi connectivity index (χ1n) is 5.99. The number of amides is 1. The molecule has 1 amide bonds. The van der Waals surface area contributed by atoms with Crippen LogP contribution in [0.15, 0.2) is 16.6 Å². The first kappa shape index (κ1) is 14.9. The van der Waals surface area contributed by atoms with Crippen molar-refractivity contribution in [1.29, 1.82) is 0 Å². The summed E-state index contributed by atoms with van der Waals surface area (Å²) in [6.45, 7) is 1.42. The van der Waals surface area contributed by atoms with Crippen molar-refractivity contribution in [1.82, 2.24) is 0 Å². The average Bonchev–Trinajstić information content (AvgIpc) is 3.08. The normalized spacial score (nSPS) is 20.4. The summed E-state index contributed by atoms with van der Waals surface area (Å²) in [6.07, 6.45) is 0.762. The number of ether oxygens (including phenoxy) is 1. The number of hydrogen-bond acceptors (Lipinski definition) is 3. The first-order valence-corrected chi connectivity index (χ1v) is 6.79. The number of halogens is 3. The predicted octanol–water partition coefficient (Wildman–Crippen LogP) is 2.87. The molecule has 0 heterocycles. The zero-order chi connectivity index (χ0) is 14.9. The number of esters is 1. The van der Waals surface area contributed by atoms with Crippen LogP contribution in [-0.4, -0.2) is 18.5 Å². The Labute approximate surface area is 122 Å². The third kappa shape index (κ3) is 3.53. The summed E-state index contributed by atoms with van der Waals surface area (Å²) in [6, 6.07) is 1.68. The van der Waals surface area contributed by atoms with E-state index < -0.39 is 30.1 Å². The van der Waals surface area contributed by atoms with Crippen LogP contribution in [0.5, 0.6) is 0 Å². The molecule has 1 aliphatic carbocycles. The van der Waals surface area contributed by atoms with Crippen molar-refractivity contribution in [3.63, 3.8) is 0 Å². The van der Waals surface area contributed by atoms with Crippen LogP contribution in [0.25, 0.3) is 0 Å². The highest BCUT2D eigenvalue weighted by atomic mass is 79.9. The second kappa shape index (κ2) is 5.87. The van der Waals surface area contributed by atoms with Crippen LogP contribution in [0.3, 0.4) is 0 Å². The van der Waals surface area contributed by atoms with E-state index in [0.717, 1.165) is 12.5 Å². The van der Waals surface area contributed by atoms with E-state index in [0.29, 0.717) is 6.07 Å². The van der Waals surface area contributed by atoms with Gasteiger partial charge in [-0.15, -0.1) is 0 Å². The smallest absolute Gasteiger partial charge is 0.309 e. The van der Waals surface area contributed by atoms with Gasteiger partial charge in [0, 0.05) is 10.5 Å². The molecule has 0 saturated heterocycles. The van der Waals surface area contributed by atoms with Gasteiger partial charge in [-0.25, -0.2) is 8.78 Å². The third-order valence-electron chi connectivity index (χ3n) is 3.03. The third-order valence-corrected chi connectivity index (χ3v) is 3.65. The molecule has 1 fully saturated rings. The lowest BCUT2D eigenvalue weighted by atomic mass is 10.3. The average molecular weight is 348 g/mol. The molecule has 1 N–H and O–H groups in total. The van der Waals surface area contributed by atoms with E-state index in [2.05, 4.69) is 21.2 Å². The highest BCUT2D eigenvalue weighted by molar-refractivity contribution is 9.10. The van der Waals surface area contributed by atoms with E-state index in [1.165, 1.54) is 0 Å². The van der Waals surface area contributed by atoms with E-state index in [1.54, 1.807) is 0 Å². The summed E-state index contributed by atoms with van der Waals surface area (Å²) >= 11 is 2.95. The summed E-state index contributed by atoms with van der Waals surface area (Å²) < 4.78 is 31.2. The monoisotopic (exact) mass is 347 g/mol. The van der Waals surface area contributed by atoms with E-state index in [-0.39, 0.29) is 22.0 Å². The number of nitrogens with one attached hydrogen (secondary N) is 1. The maximum Gasteiger partial charge on any atom is 0.309 e. The summed E-state index contributed by atoms with van der Waals surface area (Å²) in [5.74, 6) is -2.63. The van der Waals surface area contributed by atoms with Gasteiger partial charge in [-0.2, -0.15) is 0 Å². The minimum atomic E-state index is -0.910. The van der Waals surface area contributed by atoms with Gasteiger partial charge in [-0.05, 0) is 34.3 Å². The Kier molecular flexibility index (Phi) is 4.37. The van der Waals surface area contributed by atoms with Crippen molar-refractivity contribution in [2.75, 3.05) is 11.9 Å². The molecule has 0 unspecified atom stereocenters. The van der Waals surface area contributed by atoms with Gasteiger partial charge in [-0.1, -0.05) is 6.92 Å². The standard InChI is InChI=1S/C13H12BrF2NO3/c1-6-2-8(6)13(19)20-5-11(18)17-12-9(14)3-7(15)4-10(12)16/h3-4,6,8H,2,5H2,1H3,(H,17,18)/t6-,8+/m0/s1. The van der Waals surface area contributed by atoms with Gasteiger partial charge in [0.2, 0.25) is 0 Å². The van der Waals surface area contributed by atoms with Crippen molar-refractivity contribution in [3.8, 4) is 0 Å². The molecule has 4 nitrogen and oxygen atoms in total. The Morgan fingerprint density at radius 3 is 2.65 bits per heavy atom. The molecule has 1 aromatic rings. The minimum Gasteiger partial charge on any atom is -0.455 e. The van der Waals surface area contributed by atoms with E-state index in [9.17, 15) is 18.4 Å². The van der Waals surface area contributed by atoms with E-state index in [4.69, 9.17) is 4.74 Å². The first-order chi connectivity index (χ1) is 9.38. The van der Waals surface area contributed by atoms with Gasteiger partial charge in [0.05, 0.1) is 11.6 Å². The molecule has 2 rings (SSSR count). The lowest BCUT2D eigenvalue weighted by molar-refractivity contribution is -0.148. The van der Waals surface area contributed by atoms with Gasteiger partial charge < -0.3 is 10.1 Å². The Bertz CT molecular complexity index is 542. The van der Waals surface area contributed by atoms with Crippen LogP contribution < -0.4 is 5.32 Å². The molecule has 7 heteroatoms. The lowest BCUT2D eigenvalue weighted by Gasteiger charge is -2.09. The second-order valence-corrected chi connectivity index (χ2v) is 5.57. The van der Waals surface area contributed by atoms with Gasteiger partial charge in [-0.3, -0.25) is 9.59 Å². The van der Waals surface area contributed by atoms with Crippen molar-refractivity contribution >= 4 is 33.5 Å². The van der Waals surface area contributed by atoms with Gasteiger partial charge in [0.25, 0.3) is 5.91 Å². The highest BCUT2D eigenvalue weighted by Crippen LogP contribution is 2.38. The molecular weight excluding hydrogens is 336 g/mol. The van der Waals surface area contributed by atoms with Crippen molar-refractivity contribution < 1.29 is 23.1 Å². The lowest BCUT2D eigenvalue weighted by Crippen LogP contribution is -2.22. The zero-order valence-corrected chi connectivity index (χ0v) is 12.2. The van der Waals surface area contributed by atoms with Crippen LogP contribution in [-0.2, 0) is 14.3 Å². The van der Waals surface area contributed by atoms with Crippen LogP contribution >= 0.6 is 15.9 Å². The Hall–Kier alpha value is -1.50. The van der Waals surface area contributed by atoms with Crippen molar-refractivity contribution in [2.45, 2.75) is 13.3 Å². The molecule has 0 aliphatic heterocycles. The molecule has 1 saturated carbocycles. The number of hydrogen-bond donors (Lipinski definition) is 1. The van der Waals surface area contributed by atoms with Crippen LogP contribution in [0.4, 0.5) is 14.5 Å². The molecule has 2 atom stereocenters. The van der Waals surface area contributed by atoms with Crippen LogP contribution in [0, 0.1) is 23.5 Å². The van der Waals surface area contributed by atoms with Gasteiger partial charge in [0.1, 0.15) is 5.82 Å². The number of anilines is 1. The predicted molar refractivity (Wildman–Crippen MR) is 70.9 cm³/mol. The quantitative estimate of drug-likeness (QED) is 0.852. The maximum absolute atomic E-state index is 13.5. The number of carbonyl (C=O) groups is 2.